The van der Waals surface area contributed by atoms with Gasteiger partial charge in [-0.25, -0.2) is 4.98 Å². The molecule has 90 valence electrons. The summed E-state index contributed by atoms with van der Waals surface area (Å²) in [5.41, 5.74) is 1.14. The number of ether oxygens (including phenoxy) is 1. The lowest BCUT2D eigenvalue weighted by molar-refractivity contribution is 0.0989. The van der Waals surface area contributed by atoms with Crippen LogP contribution in [0.4, 0.5) is 5.13 Å². The van der Waals surface area contributed by atoms with Crippen LogP contribution in [0.1, 0.15) is 19.5 Å². The zero-order chi connectivity index (χ0) is 11.4. The van der Waals surface area contributed by atoms with Gasteiger partial charge >= 0.3 is 0 Å². The van der Waals surface area contributed by atoms with E-state index in [0.29, 0.717) is 6.04 Å². The number of morpholine rings is 1. The van der Waals surface area contributed by atoms with Gasteiger partial charge in [-0.3, -0.25) is 0 Å². The number of rotatable bonds is 4. The first kappa shape index (κ1) is 11.8. The van der Waals surface area contributed by atoms with Crippen molar-refractivity contribution < 1.29 is 4.74 Å². The van der Waals surface area contributed by atoms with Gasteiger partial charge in [0.25, 0.3) is 0 Å². The van der Waals surface area contributed by atoms with E-state index < -0.39 is 0 Å². The van der Waals surface area contributed by atoms with Gasteiger partial charge < -0.3 is 15.0 Å². The third kappa shape index (κ3) is 2.72. The molecule has 1 N–H and O–H groups in total. The maximum Gasteiger partial charge on any atom is 0.185 e. The van der Waals surface area contributed by atoms with Crippen molar-refractivity contribution in [3.8, 4) is 0 Å². The molecule has 1 atom stereocenters. The Kier molecular flexibility index (Phi) is 4.15. The fourth-order valence-corrected chi connectivity index (χ4v) is 2.73. The molecule has 1 aliphatic rings. The van der Waals surface area contributed by atoms with Crippen molar-refractivity contribution in [2.75, 3.05) is 31.2 Å². The molecule has 0 spiro atoms. The molecule has 1 aromatic rings. The minimum atomic E-state index is 0.437. The van der Waals surface area contributed by atoms with Crippen molar-refractivity contribution >= 4 is 16.5 Å². The van der Waals surface area contributed by atoms with Gasteiger partial charge in [0.05, 0.1) is 24.9 Å². The summed E-state index contributed by atoms with van der Waals surface area (Å²) in [6.07, 6.45) is 0. The highest BCUT2D eigenvalue weighted by atomic mass is 32.1. The molecule has 1 aliphatic heterocycles. The Labute approximate surface area is 101 Å². The van der Waals surface area contributed by atoms with Crippen LogP contribution < -0.4 is 10.2 Å². The maximum absolute atomic E-state index is 5.43. The van der Waals surface area contributed by atoms with Crippen LogP contribution in [0.25, 0.3) is 0 Å². The molecule has 2 heterocycles. The zero-order valence-electron chi connectivity index (χ0n) is 9.90. The van der Waals surface area contributed by atoms with E-state index in [1.165, 1.54) is 0 Å². The molecule has 1 unspecified atom stereocenters. The second kappa shape index (κ2) is 5.61. The van der Waals surface area contributed by atoms with Crippen LogP contribution in [-0.2, 0) is 11.3 Å². The van der Waals surface area contributed by atoms with Gasteiger partial charge in [0, 0.05) is 18.5 Å². The number of hydrogen-bond donors (Lipinski definition) is 1. The van der Waals surface area contributed by atoms with Crippen LogP contribution in [0.15, 0.2) is 5.38 Å². The van der Waals surface area contributed by atoms with E-state index in [1.807, 2.05) is 0 Å². The predicted molar refractivity (Wildman–Crippen MR) is 67.1 cm³/mol. The van der Waals surface area contributed by atoms with Crippen molar-refractivity contribution in [2.24, 2.45) is 0 Å². The lowest BCUT2D eigenvalue weighted by Crippen LogP contribution is -2.43. The molecule has 0 aliphatic carbocycles. The molecule has 1 saturated heterocycles. The molecule has 0 amide bonds. The molecular weight excluding hydrogens is 222 g/mol. The quantitative estimate of drug-likeness (QED) is 0.866. The van der Waals surface area contributed by atoms with Gasteiger partial charge in [0.1, 0.15) is 0 Å². The van der Waals surface area contributed by atoms with E-state index in [2.05, 4.69) is 34.4 Å². The monoisotopic (exact) mass is 241 g/mol. The predicted octanol–water partition coefficient (Wildman–Crippen LogP) is 1.48. The Bertz CT molecular complexity index is 329. The smallest absolute Gasteiger partial charge is 0.185 e. The van der Waals surface area contributed by atoms with E-state index in [0.717, 1.165) is 43.7 Å². The van der Waals surface area contributed by atoms with Crippen LogP contribution in [0, 0.1) is 0 Å². The van der Waals surface area contributed by atoms with Crippen LogP contribution in [0.5, 0.6) is 0 Å². The third-order valence-electron chi connectivity index (χ3n) is 2.71. The summed E-state index contributed by atoms with van der Waals surface area (Å²) in [7, 11) is 0. The van der Waals surface area contributed by atoms with Crippen molar-refractivity contribution in [2.45, 2.75) is 26.4 Å². The van der Waals surface area contributed by atoms with Crippen molar-refractivity contribution in [1.29, 1.82) is 0 Å². The Morgan fingerprint density at radius 1 is 1.69 bits per heavy atom. The number of thiazole rings is 1. The summed E-state index contributed by atoms with van der Waals surface area (Å²) in [6.45, 7) is 8.72. The molecule has 16 heavy (non-hydrogen) atoms. The summed E-state index contributed by atoms with van der Waals surface area (Å²) < 4.78 is 5.43. The standard InChI is InChI=1S/C11H19N3OS/c1-3-12-6-10-8-16-11(13-10)14-4-5-15-7-9(14)2/h8-9,12H,3-7H2,1-2H3. The second-order valence-corrected chi connectivity index (χ2v) is 4.86. The van der Waals surface area contributed by atoms with Gasteiger partial charge in [-0.1, -0.05) is 6.92 Å². The van der Waals surface area contributed by atoms with Gasteiger partial charge in [-0.05, 0) is 13.5 Å². The topological polar surface area (TPSA) is 37.4 Å². The molecule has 2 rings (SSSR count). The summed E-state index contributed by atoms with van der Waals surface area (Å²) in [5.74, 6) is 0. The molecule has 4 nitrogen and oxygen atoms in total. The fraction of sp³-hybridized carbons (Fsp3) is 0.727. The molecular formula is C11H19N3OS. The van der Waals surface area contributed by atoms with Gasteiger partial charge in [0.2, 0.25) is 0 Å². The first-order valence-electron chi connectivity index (χ1n) is 5.80. The Hall–Kier alpha value is -0.650. The number of anilines is 1. The minimum Gasteiger partial charge on any atom is -0.377 e. The van der Waals surface area contributed by atoms with E-state index in [-0.39, 0.29) is 0 Å². The normalized spacial score (nSPS) is 21.4. The maximum atomic E-state index is 5.43. The average Bonchev–Trinajstić information content (AvgIpc) is 2.75. The summed E-state index contributed by atoms with van der Waals surface area (Å²) >= 11 is 1.73. The van der Waals surface area contributed by atoms with Gasteiger partial charge in [0.15, 0.2) is 5.13 Å². The lowest BCUT2D eigenvalue weighted by Gasteiger charge is -2.32. The molecule has 0 aromatic carbocycles. The van der Waals surface area contributed by atoms with E-state index in [9.17, 15) is 0 Å². The van der Waals surface area contributed by atoms with E-state index in [4.69, 9.17) is 4.74 Å². The Morgan fingerprint density at radius 3 is 3.31 bits per heavy atom. The number of nitrogens with one attached hydrogen (secondary N) is 1. The molecule has 1 aromatic heterocycles. The van der Waals surface area contributed by atoms with Gasteiger partial charge in [-0.2, -0.15) is 0 Å². The van der Waals surface area contributed by atoms with Crippen LogP contribution >= 0.6 is 11.3 Å². The zero-order valence-corrected chi connectivity index (χ0v) is 10.7. The first-order chi connectivity index (χ1) is 7.81. The number of nitrogens with zero attached hydrogens (tertiary/aromatic N) is 2. The van der Waals surface area contributed by atoms with Crippen LogP contribution in [-0.4, -0.2) is 37.3 Å². The Balaban J connectivity index is 1.99. The number of aromatic nitrogens is 1. The second-order valence-electron chi connectivity index (χ2n) is 4.02. The SMILES string of the molecule is CCNCc1csc(N2CCOCC2C)n1. The molecule has 0 radical (unpaired) electrons. The Morgan fingerprint density at radius 2 is 2.56 bits per heavy atom. The summed E-state index contributed by atoms with van der Waals surface area (Å²) in [4.78, 5) is 6.99. The minimum absolute atomic E-state index is 0.437. The van der Waals surface area contributed by atoms with Crippen molar-refractivity contribution in [1.82, 2.24) is 10.3 Å². The van der Waals surface area contributed by atoms with Crippen molar-refractivity contribution in [3.63, 3.8) is 0 Å². The molecule has 0 bridgehead atoms. The summed E-state index contributed by atoms with van der Waals surface area (Å²) in [5, 5.41) is 6.56. The van der Waals surface area contributed by atoms with Crippen molar-refractivity contribution in [3.05, 3.63) is 11.1 Å². The first-order valence-corrected chi connectivity index (χ1v) is 6.68. The number of hydrogen-bond acceptors (Lipinski definition) is 5. The van der Waals surface area contributed by atoms with Crippen LogP contribution in [0.2, 0.25) is 0 Å². The lowest BCUT2D eigenvalue weighted by atomic mass is 10.3. The highest BCUT2D eigenvalue weighted by Gasteiger charge is 2.21. The fourth-order valence-electron chi connectivity index (χ4n) is 1.77. The largest absolute Gasteiger partial charge is 0.377 e. The highest BCUT2D eigenvalue weighted by Crippen LogP contribution is 2.24. The van der Waals surface area contributed by atoms with Gasteiger partial charge in [-0.15, -0.1) is 11.3 Å². The average molecular weight is 241 g/mol. The van der Waals surface area contributed by atoms with E-state index >= 15 is 0 Å². The van der Waals surface area contributed by atoms with Crippen LogP contribution in [0.3, 0.4) is 0 Å². The highest BCUT2D eigenvalue weighted by molar-refractivity contribution is 7.13. The third-order valence-corrected chi connectivity index (χ3v) is 3.64. The molecule has 5 heteroatoms. The molecule has 1 fully saturated rings. The molecule has 0 saturated carbocycles. The summed E-state index contributed by atoms with van der Waals surface area (Å²) in [6, 6.07) is 0.437. The van der Waals surface area contributed by atoms with E-state index in [1.54, 1.807) is 11.3 Å².